The molecule has 30 heavy (non-hydrogen) atoms. The molecule has 4 N–H and O–H groups in total. The van der Waals surface area contributed by atoms with Crippen molar-refractivity contribution in [3.05, 3.63) is 53.8 Å². The molecular formula is C20H20FN5O3S. The lowest BCUT2D eigenvalue weighted by Crippen LogP contribution is -2.57. The SMILES string of the molecule is NC(=O)C1CCN1S(=O)(=O)c1ccccc1-c1ccc(C2=NCC(N)=NC2)c(F)c1. The van der Waals surface area contributed by atoms with E-state index in [2.05, 4.69) is 9.98 Å². The first-order chi connectivity index (χ1) is 14.3. The Labute approximate surface area is 173 Å². The van der Waals surface area contributed by atoms with Gasteiger partial charge < -0.3 is 11.5 Å². The van der Waals surface area contributed by atoms with E-state index < -0.39 is 27.8 Å². The number of hydrogen-bond acceptors (Lipinski definition) is 6. The number of nitrogens with zero attached hydrogens (tertiary/aromatic N) is 3. The van der Waals surface area contributed by atoms with Crippen LogP contribution in [-0.2, 0) is 14.8 Å². The van der Waals surface area contributed by atoms with Gasteiger partial charge in [0.25, 0.3) is 0 Å². The predicted octanol–water partition coefficient (Wildman–Crippen LogP) is 0.901. The minimum absolute atomic E-state index is 0.00418. The Balaban J connectivity index is 1.71. The van der Waals surface area contributed by atoms with Crippen molar-refractivity contribution in [3.63, 3.8) is 0 Å². The average molecular weight is 429 g/mol. The molecule has 2 aliphatic heterocycles. The van der Waals surface area contributed by atoms with Crippen molar-refractivity contribution in [3.8, 4) is 11.1 Å². The molecule has 0 aromatic heterocycles. The number of benzene rings is 2. The molecule has 8 nitrogen and oxygen atoms in total. The lowest BCUT2D eigenvalue weighted by molar-refractivity contribution is -0.124. The first-order valence-corrected chi connectivity index (χ1v) is 10.8. The highest BCUT2D eigenvalue weighted by atomic mass is 32.2. The number of rotatable bonds is 5. The van der Waals surface area contributed by atoms with Gasteiger partial charge in [-0.2, -0.15) is 4.31 Å². The van der Waals surface area contributed by atoms with Gasteiger partial charge in [-0.1, -0.05) is 24.3 Å². The fourth-order valence-electron chi connectivity index (χ4n) is 3.53. The Kier molecular flexibility index (Phi) is 5.12. The highest BCUT2D eigenvalue weighted by molar-refractivity contribution is 7.89. The molecular weight excluding hydrogens is 409 g/mol. The fraction of sp³-hybridized carbons (Fsp3) is 0.250. The normalized spacial score (nSPS) is 19.6. The Bertz CT molecular complexity index is 1190. The van der Waals surface area contributed by atoms with Gasteiger partial charge in [0, 0.05) is 17.7 Å². The molecule has 2 aromatic carbocycles. The van der Waals surface area contributed by atoms with Crippen molar-refractivity contribution in [1.29, 1.82) is 0 Å². The highest BCUT2D eigenvalue weighted by Gasteiger charge is 2.42. The van der Waals surface area contributed by atoms with E-state index in [9.17, 15) is 17.6 Å². The number of halogens is 1. The van der Waals surface area contributed by atoms with Crippen LogP contribution in [-0.4, -0.2) is 55.9 Å². The first-order valence-electron chi connectivity index (χ1n) is 9.31. The summed E-state index contributed by atoms with van der Waals surface area (Å²) >= 11 is 0. The van der Waals surface area contributed by atoms with Gasteiger partial charge in [-0.3, -0.25) is 14.8 Å². The van der Waals surface area contributed by atoms with Crippen LogP contribution in [0.25, 0.3) is 11.1 Å². The molecule has 0 radical (unpaired) electrons. The van der Waals surface area contributed by atoms with E-state index in [1.54, 1.807) is 30.3 Å². The van der Waals surface area contributed by atoms with E-state index in [4.69, 9.17) is 11.5 Å². The number of sulfonamides is 1. The van der Waals surface area contributed by atoms with Gasteiger partial charge in [0.2, 0.25) is 15.9 Å². The zero-order chi connectivity index (χ0) is 21.5. The van der Waals surface area contributed by atoms with Crippen LogP contribution >= 0.6 is 0 Å². The summed E-state index contributed by atoms with van der Waals surface area (Å²) in [6.07, 6.45) is 0.384. The molecule has 1 atom stereocenters. The quantitative estimate of drug-likeness (QED) is 0.731. The minimum Gasteiger partial charge on any atom is -0.386 e. The third kappa shape index (κ3) is 3.48. The largest absolute Gasteiger partial charge is 0.386 e. The lowest BCUT2D eigenvalue weighted by Gasteiger charge is -2.37. The van der Waals surface area contributed by atoms with Crippen molar-refractivity contribution in [2.24, 2.45) is 21.5 Å². The molecule has 0 bridgehead atoms. The molecule has 1 fully saturated rings. The highest BCUT2D eigenvalue weighted by Crippen LogP contribution is 2.34. The summed E-state index contributed by atoms with van der Waals surface area (Å²) in [6.45, 7) is 0.617. The van der Waals surface area contributed by atoms with E-state index in [-0.39, 0.29) is 24.5 Å². The van der Waals surface area contributed by atoms with Crippen molar-refractivity contribution >= 4 is 27.5 Å². The Morgan fingerprint density at radius 1 is 1.10 bits per heavy atom. The number of nitrogens with two attached hydrogens (primary N) is 2. The van der Waals surface area contributed by atoms with Crippen LogP contribution in [0.3, 0.4) is 0 Å². The van der Waals surface area contributed by atoms with Crippen LogP contribution in [0.1, 0.15) is 12.0 Å². The molecule has 2 aliphatic rings. The maximum atomic E-state index is 14.9. The summed E-state index contributed by atoms with van der Waals surface area (Å²) in [6, 6.07) is 9.90. The lowest BCUT2D eigenvalue weighted by atomic mass is 10.0. The van der Waals surface area contributed by atoms with E-state index in [0.717, 1.165) is 4.31 Å². The van der Waals surface area contributed by atoms with Gasteiger partial charge in [0.15, 0.2) is 0 Å². The zero-order valence-electron chi connectivity index (χ0n) is 16.0. The van der Waals surface area contributed by atoms with Gasteiger partial charge in [-0.15, -0.1) is 0 Å². The third-order valence-corrected chi connectivity index (χ3v) is 7.19. The van der Waals surface area contributed by atoms with Crippen LogP contribution in [0.5, 0.6) is 0 Å². The summed E-state index contributed by atoms with van der Waals surface area (Å²) in [4.78, 5) is 19.8. The maximum Gasteiger partial charge on any atom is 0.244 e. The third-order valence-electron chi connectivity index (χ3n) is 5.23. The molecule has 10 heteroatoms. The Hall–Kier alpha value is -3.11. The molecule has 4 rings (SSSR count). The molecule has 156 valence electrons. The van der Waals surface area contributed by atoms with E-state index >= 15 is 0 Å². The number of carbonyl (C=O) groups excluding carboxylic acids is 1. The maximum absolute atomic E-state index is 14.9. The number of aliphatic imine (C=N–C) groups is 2. The predicted molar refractivity (Wildman–Crippen MR) is 111 cm³/mol. The molecule has 1 amide bonds. The van der Waals surface area contributed by atoms with Gasteiger partial charge in [-0.05, 0) is 30.2 Å². The smallest absolute Gasteiger partial charge is 0.244 e. The topological polar surface area (TPSA) is 131 Å². The molecule has 0 saturated carbocycles. The van der Waals surface area contributed by atoms with Crippen LogP contribution < -0.4 is 11.5 Å². The second-order valence-electron chi connectivity index (χ2n) is 7.08. The van der Waals surface area contributed by atoms with Gasteiger partial charge in [0.05, 0.1) is 23.7 Å². The zero-order valence-corrected chi connectivity index (χ0v) is 16.8. The number of hydrogen-bond donors (Lipinski definition) is 2. The van der Waals surface area contributed by atoms with Crippen molar-refractivity contribution in [2.75, 3.05) is 19.6 Å². The second-order valence-corrected chi connectivity index (χ2v) is 8.94. The Morgan fingerprint density at radius 3 is 2.47 bits per heavy atom. The first kappa shape index (κ1) is 20.2. The van der Waals surface area contributed by atoms with Crippen LogP contribution in [0, 0.1) is 5.82 Å². The van der Waals surface area contributed by atoms with Crippen LogP contribution in [0.4, 0.5) is 4.39 Å². The molecule has 2 aromatic rings. The molecule has 0 spiro atoms. The summed E-state index contributed by atoms with van der Waals surface area (Å²) < 4.78 is 42.2. The molecule has 2 heterocycles. The number of amides is 1. The van der Waals surface area contributed by atoms with Crippen LogP contribution in [0.15, 0.2) is 57.3 Å². The number of primary amides is 1. The summed E-state index contributed by atoms with van der Waals surface area (Å²) in [5.41, 5.74) is 12.4. The molecule has 0 aliphatic carbocycles. The number of carbonyl (C=O) groups is 1. The fourth-order valence-corrected chi connectivity index (χ4v) is 5.39. The standard InChI is InChI=1S/C20H20FN5O3S/c21-15-9-12(5-6-14(15)16-10-25-19(22)11-24-16)13-3-1-2-4-18(13)30(28,29)26-8-7-17(26)20(23)27/h1-6,9,17H,7-8,10-11H2,(H2,22,25)(H2,23,27). The van der Waals surface area contributed by atoms with Crippen LogP contribution in [0.2, 0.25) is 0 Å². The monoisotopic (exact) mass is 429 g/mol. The van der Waals surface area contributed by atoms with Crippen molar-refractivity contribution in [2.45, 2.75) is 17.4 Å². The summed E-state index contributed by atoms with van der Waals surface area (Å²) in [5.74, 6) is -0.822. The number of amidine groups is 1. The second kappa shape index (κ2) is 7.62. The van der Waals surface area contributed by atoms with E-state index in [1.165, 1.54) is 12.1 Å². The average Bonchev–Trinajstić information content (AvgIpc) is 2.67. The van der Waals surface area contributed by atoms with Crippen molar-refractivity contribution in [1.82, 2.24) is 4.31 Å². The van der Waals surface area contributed by atoms with E-state index in [1.807, 2.05) is 0 Å². The van der Waals surface area contributed by atoms with Crippen molar-refractivity contribution < 1.29 is 17.6 Å². The summed E-state index contributed by atoms with van der Waals surface area (Å²) in [5, 5.41) is 0. The molecule has 1 saturated heterocycles. The minimum atomic E-state index is -3.97. The summed E-state index contributed by atoms with van der Waals surface area (Å²) in [7, 11) is -3.97. The van der Waals surface area contributed by atoms with Gasteiger partial charge in [-0.25, -0.2) is 12.8 Å². The van der Waals surface area contributed by atoms with E-state index in [0.29, 0.717) is 34.7 Å². The van der Waals surface area contributed by atoms with Gasteiger partial charge in [0.1, 0.15) is 17.7 Å². The Morgan fingerprint density at radius 2 is 1.87 bits per heavy atom. The molecule has 1 unspecified atom stereocenters. The van der Waals surface area contributed by atoms with Gasteiger partial charge >= 0.3 is 0 Å².